The van der Waals surface area contributed by atoms with Crippen molar-refractivity contribution in [1.82, 2.24) is 0 Å². The summed E-state index contributed by atoms with van der Waals surface area (Å²) < 4.78 is 8.59. The molecule has 0 radical (unpaired) electrons. The summed E-state index contributed by atoms with van der Waals surface area (Å²) in [6, 6.07) is 14.5. The first-order chi connectivity index (χ1) is 12.7. The molecule has 0 spiro atoms. The fourth-order valence-corrected chi connectivity index (χ4v) is 2.05. The van der Waals surface area contributed by atoms with Gasteiger partial charge in [0.2, 0.25) is 9.69 Å². The highest BCUT2D eigenvalue weighted by molar-refractivity contribution is 6.67. The summed E-state index contributed by atoms with van der Waals surface area (Å²) in [5, 5.41) is 10.8. The number of nitro benzene ring substituents is 1. The highest BCUT2D eigenvalue weighted by Gasteiger charge is 2.22. The maximum atomic E-state index is 11.9. The molecule has 0 fully saturated rings. The van der Waals surface area contributed by atoms with Crippen LogP contribution in [0, 0.1) is 10.1 Å². The summed E-state index contributed by atoms with van der Waals surface area (Å²) in [5.41, 5.74) is 1.07. The first-order valence-electron chi connectivity index (χ1n) is 7.48. The second kappa shape index (κ2) is 9.55. The number of nitrogens with zero attached hydrogens (tertiary/aromatic N) is 2. The van der Waals surface area contributed by atoms with Gasteiger partial charge in [-0.1, -0.05) is 65.1 Å². The van der Waals surface area contributed by atoms with Crippen molar-refractivity contribution in [2.75, 3.05) is 6.61 Å². The van der Waals surface area contributed by atoms with E-state index in [2.05, 4.69) is 4.99 Å². The number of rotatable bonds is 5. The van der Waals surface area contributed by atoms with Crippen molar-refractivity contribution in [2.45, 2.75) is 10.4 Å². The Morgan fingerprint density at radius 2 is 1.67 bits per heavy atom. The van der Waals surface area contributed by atoms with Crippen molar-refractivity contribution >= 4 is 52.5 Å². The second-order valence-electron chi connectivity index (χ2n) is 5.16. The third kappa shape index (κ3) is 7.42. The molecule has 142 valence electrons. The summed E-state index contributed by atoms with van der Waals surface area (Å²) in [4.78, 5) is 25.9. The molecule has 0 aliphatic heterocycles. The molecule has 1 amide bonds. The SMILES string of the molecule is O=C(/N=C(\OCc1ccccc1)c1ccc([N+](=O)[O-])cc1)OCC(Cl)(Cl)Cl. The van der Waals surface area contributed by atoms with Gasteiger partial charge in [-0.3, -0.25) is 10.1 Å². The summed E-state index contributed by atoms with van der Waals surface area (Å²) in [5.74, 6) is -0.0805. The largest absolute Gasteiger partial charge is 0.472 e. The number of nitro groups is 1. The predicted molar refractivity (Wildman–Crippen MR) is 103 cm³/mol. The van der Waals surface area contributed by atoms with Crippen LogP contribution in [0.1, 0.15) is 11.1 Å². The summed E-state index contributed by atoms with van der Waals surface area (Å²) in [6.07, 6.45) is -1.03. The van der Waals surface area contributed by atoms with Crippen LogP contribution in [-0.2, 0) is 16.1 Å². The van der Waals surface area contributed by atoms with Crippen LogP contribution < -0.4 is 0 Å². The highest BCUT2D eigenvalue weighted by atomic mass is 35.6. The fourth-order valence-electron chi connectivity index (χ4n) is 1.89. The van der Waals surface area contributed by atoms with Crippen molar-refractivity contribution in [3.05, 3.63) is 75.8 Å². The third-order valence-corrected chi connectivity index (χ3v) is 3.42. The number of benzene rings is 2. The van der Waals surface area contributed by atoms with E-state index < -0.39 is 21.4 Å². The molecular formula is C17H13Cl3N2O5. The van der Waals surface area contributed by atoms with Gasteiger partial charge in [0.05, 0.1) is 4.92 Å². The Kier molecular flexibility index (Phi) is 7.41. The minimum absolute atomic E-state index is 0.0805. The quantitative estimate of drug-likeness (QED) is 0.217. The van der Waals surface area contributed by atoms with Gasteiger partial charge in [0.1, 0.15) is 13.2 Å². The van der Waals surface area contributed by atoms with Crippen LogP contribution >= 0.6 is 34.8 Å². The lowest BCUT2D eigenvalue weighted by atomic mass is 10.2. The molecule has 0 unspecified atom stereocenters. The number of hydrogen-bond acceptors (Lipinski definition) is 5. The monoisotopic (exact) mass is 430 g/mol. The number of alkyl halides is 3. The van der Waals surface area contributed by atoms with Crippen molar-refractivity contribution in [3.8, 4) is 0 Å². The van der Waals surface area contributed by atoms with Gasteiger partial charge in [0, 0.05) is 17.7 Å². The van der Waals surface area contributed by atoms with Crippen molar-refractivity contribution in [2.24, 2.45) is 4.99 Å². The van der Waals surface area contributed by atoms with E-state index in [1.807, 2.05) is 30.3 Å². The number of ether oxygens (including phenoxy) is 2. The average Bonchev–Trinajstić information content (AvgIpc) is 2.64. The lowest BCUT2D eigenvalue weighted by molar-refractivity contribution is -0.384. The number of non-ortho nitro benzene ring substituents is 1. The molecule has 0 atom stereocenters. The lowest BCUT2D eigenvalue weighted by Gasteiger charge is -2.11. The van der Waals surface area contributed by atoms with Gasteiger partial charge >= 0.3 is 6.09 Å². The Hall–Kier alpha value is -2.35. The molecule has 10 heteroatoms. The van der Waals surface area contributed by atoms with Crippen LogP contribution in [0.5, 0.6) is 0 Å². The van der Waals surface area contributed by atoms with E-state index in [4.69, 9.17) is 44.3 Å². The standard InChI is InChI=1S/C17H13Cl3N2O5/c18-17(19,20)11-27-16(23)21-15(26-10-12-4-2-1-3-5-12)13-6-8-14(9-7-13)22(24)25/h1-9H,10-11H2/b21-15-. The molecule has 2 aromatic carbocycles. The normalized spacial score (nSPS) is 11.7. The van der Waals surface area contributed by atoms with Crippen molar-refractivity contribution < 1.29 is 19.2 Å². The van der Waals surface area contributed by atoms with Gasteiger partial charge in [-0.05, 0) is 17.7 Å². The Morgan fingerprint density at radius 3 is 2.22 bits per heavy atom. The molecule has 0 aliphatic rings. The van der Waals surface area contributed by atoms with Crippen LogP contribution in [0.4, 0.5) is 10.5 Å². The van der Waals surface area contributed by atoms with Gasteiger partial charge in [0.15, 0.2) is 0 Å². The van der Waals surface area contributed by atoms with Gasteiger partial charge in [-0.25, -0.2) is 4.79 Å². The zero-order chi connectivity index (χ0) is 19.9. The van der Waals surface area contributed by atoms with Crippen molar-refractivity contribution in [1.29, 1.82) is 0 Å². The number of carbonyl (C=O) groups is 1. The number of amides is 1. The number of halogens is 3. The molecule has 0 aromatic heterocycles. The molecule has 27 heavy (non-hydrogen) atoms. The zero-order valence-corrected chi connectivity index (χ0v) is 15.9. The molecule has 0 saturated heterocycles. The minimum Gasteiger partial charge on any atom is -0.472 e. The molecule has 0 heterocycles. The van der Waals surface area contributed by atoms with Gasteiger partial charge in [0.25, 0.3) is 5.69 Å². The molecule has 0 saturated carbocycles. The number of carbonyl (C=O) groups excluding carboxylic acids is 1. The average molecular weight is 432 g/mol. The fraction of sp³-hybridized carbons (Fsp3) is 0.176. The Morgan fingerprint density at radius 1 is 1.04 bits per heavy atom. The highest BCUT2D eigenvalue weighted by Crippen LogP contribution is 2.26. The molecule has 0 aliphatic carbocycles. The number of aliphatic imine (C=N–C) groups is 1. The first-order valence-corrected chi connectivity index (χ1v) is 8.62. The lowest BCUT2D eigenvalue weighted by Crippen LogP contribution is -2.17. The Balaban J connectivity index is 2.20. The van der Waals surface area contributed by atoms with Crippen LogP contribution in [0.3, 0.4) is 0 Å². The predicted octanol–water partition coefficient (Wildman–Crippen LogP) is 5.07. The molecular weight excluding hydrogens is 419 g/mol. The van der Waals surface area contributed by atoms with E-state index in [1.54, 1.807) is 0 Å². The third-order valence-electron chi connectivity index (χ3n) is 3.10. The Labute approximate surface area is 169 Å². The van der Waals surface area contributed by atoms with E-state index in [0.717, 1.165) is 5.56 Å². The topological polar surface area (TPSA) is 91.0 Å². The molecule has 2 rings (SSSR count). The zero-order valence-electron chi connectivity index (χ0n) is 13.7. The molecule has 7 nitrogen and oxygen atoms in total. The minimum atomic E-state index is -1.77. The van der Waals surface area contributed by atoms with Crippen LogP contribution in [-0.4, -0.2) is 27.3 Å². The van der Waals surface area contributed by atoms with E-state index in [0.29, 0.717) is 5.56 Å². The van der Waals surface area contributed by atoms with Gasteiger partial charge in [-0.2, -0.15) is 0 Å². The molecule has 0 N–H and O–H groups in total. The maximum absolute atomic E-state index is 11.9. The van der Waals surface area contributed by atoms with Crippen LogP contribution in [0.15, 0.2) is 59.6 Å². The number of hydrogen-bond donors (Lipinski definition) is 0. The smallest absolute Gasteiger partial charge is 0.437 e. The van der Waals surface area contributed by atoms with Crippen molar-refractivity contribution in [3.63, 3.8) is 0 Å². The summed E-state index contributed by atoms with van der Waals surface area (Å²) in [7, 11) is 0. The summed E-state index contributed by atoms with van der Waals surface area (Å²) in [6.45, 7) is -0.374. The van der Waals surface area contributed by atoms with Gasteiger partial charge < -0.3 is 9.47 Å². The second-order valence-corrected chi connectivity index (χ2v) is 7.68. The van der Waals surface area contributed by atoms with Crippen LogP contribution in [0.2, 0.25) is 0 Å². The molecule has 2 aromatic rings. The maximum Gasteiger partial charge on any atom is 0.437 e. The van der Waals surface area contributed by atoms with E-state index >= 15 is 0 Å². The van der Waals surface area contributed by atoms with E-state index in [1.165, 1.54) is 24.3 Å². The van der Waals surface area contributed by atoms with E-state index in [-0.39, 0.29) is 18.2 Å². The molecule has 0 bridgehead atoms. The van der Waals surface area contributed by atoms with Crippen LogP contribution in [0.25, 0.3) is 0 Å². The Bertz CT molecular complexity index is 821. The summed E-state index contributed by atoms with van der Waals surface area (Å²) >= 11 is 16.6. The van der Waals surface area contributed by atoms with Gasteiger partial charge in [-0.15, -0.1) is 4.99 Å². The first kappa shape index (κ1) is 21.0. The van der Waals surface area contributed by atoms with E-state index in [9.17, 15) is 14.9 Å².